The molecule has 126 valence electrons. The Balaban J connectivity index is 1.99. The van der Waals surface area contributed by atoms with Crippen molar-refractivity contribution < 1.29 is 17.9 Å². The van der Waals surface area contributed by atoms with Crippen molar-refractivity contribution >= 4 is 21.6 Å². The number of nitrogens with one attached hydrogen (secondary N) is 1. The molecule has 1 amide bonds. The van der Waals surface area contributed by atoms with Crippen molar-refractivity contribution in [2.75, 3.05) is 37.6 Å². The van der Waals surface area contributed by atoms with Gasteiger partial charge in [-0.15, -0.1) is 0 Å². The molecule has 2 heterocycles. The minimum atomic E-state index is -3.56. The van der Waals surface area contributed by atoms with E-state index < -0.39 is 10.0 Å². The minimum absolute atomic E-state index is 0.123. The number of nitrogens with zero attached hydrogens (tertiary/aromatic N) is 2. The first-order valence-corrected chi connectivity index (χ1v) is 9.13. The van der Waals surface area contributed by atoms with Gasteiger partial charge >= 0.3 is 0 Å². The van der Waals surface area contributed by atoms with Crippen LogP contribution in [0.25, 0.3) is 0 Å². The number of hydrogen-bond donors (Lipinski definition) is 1. The van der Waals surface area contributed by atoms with E-state index in [2.05, 4.69) is 5.32 Å². The minimum Gasteiger partial charge on any atom is -0.487 e. The molecule has 2 aliphatic heterocycles. The second-order valence-corrected chi connectivity index (χ2v) is 7.78. The monoisotopic (exact) mass is 339 g/mol. The molecule has 0 bridgehead atoms. The van der Waals surface area contributed by atoms with Crippen LogP contribution in [0.3, 0.4) is 0 Å². The molecule has 1 unspecified atom stereocenters. The highest BCUT2D eigenvalue weighted by atomic mass is 32.2. The van der Waals surface area contributed by atoms with E-state index in [0.29, 0.717) is 44.2 Å². The Hall–Kier alpha value is -1.64. The van der Waals surface area contributed by atoms with E-state index in [9.17, 15) is 13.2 Å². The molecule has 23 heavy (non-hydrogen) atoms. The number of sulfonamides is 1. The Morgan fingerprint density at radius 3 is 2.65 bits per heavy atom. The van der Waals surface area contributed by atoms with Crippen LogP contribution in [-0.2, 0) is 14.8 Å². The van der Waals surface area contributed by atoms with Gasteiger partial charge in [-0.3, -0.25) is 4.79 Å². The highest BCUT2D eigenvalue weighted by molar-refractivity contribution is 7.89. The van der Waals surface area contributed by atoms with E-state index >= 15 is 0 Å². The molecule has 1 saturated heterocycles. The number of ether oxygens (including phenoxy) is 1. The maximum atomic E-state index is 12.8. The van der Waals surface area contributed by atoms with Gasteiger partial charge in [-0.1, -0.05) is 0 Å². The van der Waals surface area contributed by atoms with Gasteiger partial charge in [-0.25, -0.2) is 8.42 Å². The van der Waals surface area contributed by atoms with E-state index in [4.69, 9.17) is 4.74 Å². The average molecular weight is 339 g/mol. The third kappa shape index (κ3) is 3.06. The predicted octanol–water partition coefficient (Wildman–Crippen LogP) is 0.414. The van der Waals surface area contributed by atoms with Crippen LogP contribution in [0.2, 0.25) is 0 Å². The summed E-state index contributed by atoms with van der Waals surface area (Å²) in [7, 11) is -3.56. The molecule has 2 aliphatic rings. The zero-order chi connectivity index (χ0) is 16.6. The van der Waals surface area contributed by atoms with Crippen molar-refractivity contribution in [3.05, 3.63) is 18.2 Å². The molecule has 1 fully saturated rings. The van der Waals surface area contributed by atoms with Gasteiger partial charge in [0.25, 0.3) is 0 Å². The Morgan fingerprint density at radius 2 is 2.00 bits per heavy atom. The van der Waals surface area contributed by atoms with Gasteiger partial charge in [0, 0.05) is 33.1 Å². The van der Waals surface area contributed by atoms with Gasteiger partial charge in [0.2, 0.25) is 15.9 Å². The molecule has 1 atom stereocenters. The first kappa shape index (κ1) is 16.2. The molecule has 1 aromatic rings. The van der Waals surface area contributed by atoms with Crippen LogP contribution in [0.15, 0.2) is 23.1 Å². The number of carbonyl (C=O) groups is 1. The topological polar surface area (TPSA) is 79.0 Å². The lowest BCUT2D eigenvalue weighted by atomic mass is 10.2. The largest absolute Gasteiger partial charge is 0.487 e. The van der Waals surface area contributed by atoms with Gasteiger partial charge in [0.15, 0.2) is 0 Å². The van der Waals surface area contributed by atoms with Gasteiger partial charge in [0.05, 0.1) is 17.1 Å². The SMILES string of the molecule is CC(=O)N1CC(C)Oc2ccc(S(=O)(=O)N3CCNCC3)cc21. The van der Waals surface area contributed by atoms with Crippen LogP contribution >= 0.6 is 0 Å². The molecule has 0 spiro atoms. The fraction of sp³-hybridized carbons (Fsp3) is 0.533. The van der Waals surface area contributed by atoms with Crippen molar-refractivity contribution in [1.29, 1.82) is 0 Å². The maximum absolute atomic E-state index is 12.8. The number of anilines is 1. The van der Waals surface area contributed by atoms with Gasteiger partial charge in [-0.05, 0) is 25.1 Å². The molecule has 0 aliphatic carbocycles. The molecule has 0 aromatic heterocycles. The van der Waals surface area contributed by atoms with Gasteiger partial charge in [-0.2, -0.15) is 4.31 Å². The molecule has 8 heteroatoms. The summed E-state index contributed by atoms with van der Waals surface area (Å²) in [6, 6.07) is 4.72. The second kappa shape index (κ2) is 6.10. The van der Waals surface area contributed by atoms with Crippen molar-refractivity contribution in [2.24, 2.45) is 0 Å². The van der Waals surface area contributed by atoms with Gasteiger partial charge in [0.1, 0.15) is 11.9 Å². The summed E-state index contributed by atoms with van der Waals surface area (Å²) >= 11 is 0. The Morgan fingerprint density at radius 1 is 1.30 bits per heavy atom. The molecule has 0 saturated carbocycles. The zero-order valence-corrected chi connectivity index (χ0v) is 14.1. The molecular weight excluding hydrogens is 318 g/mol. The smallest absolute Gasteiger partial charge is 0.243 e. The van der Waals surface area contributed by atoms with E-state index in [1.165, 1.54) is 11.2 Å². The summed E-state index contributed by atoms with van der Waals surface area (Å²) in [5, 5.41) is 3.14. The summed E-state index contributed by atoms with van der Waals surface area (Å²) in [6.07, 6.45) is -0.123. The highest BCUT2D eigenvalue weighted by Crippen LogP contribution is 2.36. The number of fused-ring (bicyclic) bond motifs is 1. The van der Waals surface area contributed by atoms with Crippen LogP contribution < -0.4 is 15.0 Å². The summed E-state index contributed by atoms with van der Waals surface area (Å²) in [5.41, 5.74) is 0.520. The number of hydrogen-bond acceptors (Lipinski definition) is 5. The fourth-order valence-corrected chi connectivity index (χ4v) is 4.37. The molecule has 7 nitrogen and oxygen atoms in total. The van der Waals surface area contributed by atoms with E-state index in [1.54, 1.807) is 23.1 Å². The fourth-order valence-electron chi connectivity index (χ4n) is 2.91. The summed E-state index contributed by atoms with van der Waals surface area (Å²) in [5.74, 6) is 0.413. The zero-order valence-electron chi connectivity index (χ0n) is 13.3. The number of piperazine rings is 1. The van der Waals surface area contributed by atoms with E-state index in [0.717, 1.165) is 0 Å². The first-order valence-electron chi connectivity index (χ1n) is 7.69. The van der Waals surface area contributed by atoms with Crippen molar-refractivity contribution in [3.8, 4) is 5.75 Å². The Kier molecular flexibility index (Phi) is 4.31. The Labute approximate surface area is 136 Å². The average Bonchev–Trinajstić information content (AvgIpc) is 2.54. The second-order valence-electron chi connectivity index (χ2n) is 5.84. The van der Waals surface area contributed by atoms with Crippen LogP contribution in [0.4, 0.5) is 5.69 Å². The molecular formula is C15H21N3O4S. The van der Waals surface area contributed by atoms with Crippen LogP contribution in [0.1, 0.15) is 13.8 Å². The number of carbonyl (C=O) groups excluding carboxylic acids is 1. The quantitative estimate of drug-likeness (QED) is 0.844. The number of amides is 1. The van der Waals surface area contributed by atoms with Crippen LogP contribution in [0.5, 0.6) is 5.75 Å². The lowest BCUT2D eigenvalue weighted by Gasteiger charge is -2.33. The van der Waals surface area contributed by atoms with Crippen molar-refractivity contribution in [2.45, 2.75) is 24.8 Å². The van der Waals surface area contributed by atoms with E-state index in [-0.39, 0.29) is 16.9 Å². The number of rotatable bonds is 2. The summed E-state index contributed by atoms with van der Waals surface area (Å²) in [4.78, 5) is 13.6. The van der Waals surface area contributed by atoms with Crippen LogP contribution in [-0.4, -0.2) is 57.5 Å². The maximum Gasteiger partial charge on any atom is 0.243 e. The standard InChI is InChI=1S/C15H21N3O4S/c1-11-10-18(12(2)19)14-9-13(3-4-15(14)22-11)23(20,21)17-7-5-16-6-8-17/h3-4,9,11,16H,5-8,10H2,1-2H3. The predicted molar refractivity (Wildman–Crippen MR) is 86.2 cm³/mol. The summed E-state index contributed by atoms with van der Waals surface area (Å²) in [6.45, 7) is 5.95. The summed E-state index contributed by atoms with van der Waals surface area (Å²) < 4.78 is 32.7. The van der Waals surface area contributed by atoms with Gasteiger partial charge < -0.3 is 15.0 Å². The van der Waals surface area contributed by atoms with Crippen LogP contribution in [0, 0.1) is 0 Å². The van der Waals surface area contributed by atoms with Crippen molar-refractivity contribution in [1.82, 2.24) is 9.62 Å². The third-order valence-corrected chi connectivity index (χ3v) is 5.98. The lowest BCUT2D eigenvalue weighted by Crippen LogP contribution is -2.46. The first-order chi connectivity index (χ1) is 10.9. The third-order valence-electron chi connectivity index (χ3n) is 4.08. The lowest BCUT2D eigenvalue weighted by molar-refractivity contribution is -0.117. The molecule has 1 N–H and O–H groups in total. The number of benzene rings is 1. The van der Waals surface area contributed by atoms with Crippen molar-refractivity contribution in [3.63, 3.8) is 0 Å². The normalized spacial score (nSPS) is 22.3. The molecule has 0 radical (unpaired) electrons. The molecule has 1 aromatic carbocycles. The highest BCUT2D eigenvalue weighted by Gasteiger charge is 2.30. The van der Waals surface area contributed by atoms with E-state index in [1.807, 2.05) is 6.92 Å². The Bertz CT molecular complexity index is 713. The molecule has 3 rings (SSSR count).